The predicted octanol–water partition coefficient (Wildman–Crippen LogP) is 5.48. The molecule has 0 unspecified atom stereocenters. The third-order valence-corrected chi connectivity index (χ3v) is 9.02. The molecule has 0 amide bonds. The van der Waals surface area contributed by atoms with Crippen LogP contribution in [0.15, 0.2) is 140 Å². The smallest absolute Gasteiger partial charge is 0.155 e. The minimum absolute atomic E-state index is 0.996. The molecular weight excluding hydrogens is 440 g/mol. The summed E-state index contributed by atoms with van der Waals surface area (Å²) in [5.41, 5.74) is 4.29. The van der Waals surface area contributed by atoms with Crippen LogP contribution < -0.4 is 15.6 Å². The largest absolute Gasteiger partial charge is 0.256 e. The first-order valence-corrected chi connectivity index (χ1v) is 13.3. The summed E-state index contributed by atoms with van der Waals surface area (Å²) < 4.78 is 0. The van der Waals surface area contributed by atoms with Gasteiger partial charge in [0.2, 0.25) is 0 Å². The molecule has 0 bridgehead atoms. The number of hydrogen-bond donors (Lipinski definition) is 0. The van der Waals surface area contributed by atoms with E-state index in [1.54, 1.807) is 0 Å². The van der Waals surface area contributed by atoms with Gasteiger partial charge >= 0.3 is 0 Å². The molecule has 0 aliphatic heterocycles. The summed E-state index contributed by atoms with van der Waals surface area (Å²) in [6.07, 6.45) is 3.72. The van der Waals surface area contributed by atoms with Crippen LogP contribution >= 0.6 is 0 Å². The lowest BCUT2D eigenvalue weighted by Gasteiger charge is -2.21. The minimum Gasteiger partial charge on any atom is -0.256 e. The molecule has 35 heavy (non-hydrogen) atoms. The van der Waals surface area contributed by atoms with Crippen molar-refractivity contribution < 1.29 is 0 Å². The van der Waals surface area contributed by atoms with E-state index in [2.05, 4.69) is 119 Å². The van der Waals surface area contributed by atoms with Gasteiger partial charge in [-0.3, -0.25) is 9.97 Å². The Balaban J connectivity index is 1.61. The summed E-state index contributed by atoms with van der Waals surface area (Å²) in [6.45, 7) is 0. The Morgan fingerprint density at radius 3 is 1.86 bits per heavy atom. The summed E-state index contributed by atoms with van der Waals surface area (Å²) in [6, 6.07) is 45.4. The van der Waals surface area contributed by atoms with Gasteiger partial charge in [0.25, 0.3) is 0 Å². The fourth-order valence-corrected chi connectivity index (χ4v) is 7.49. The molecule has 6 rings (SSSR count). The predicted molar refractivity (Wildman–Crippen MR) is 148 cm³/mol. The third kappa shape index (κ3) is 4.30. The molecule has 2 heterocycles. The molecule has 3 heteroatoms. The van der Waals surface area contributed by atoms with E-state index < -0.39 is 8.80 Å². The zero-order chi connectivity index (χ0) is 23.5. The summed E-state index contributed by atoms with van der Waals surface area (Å²) in [7, 11) is -1.32. The van der Waals surface area contributed by atoms with Crippen molar-refractivity contribution in [3.8, 4) is 22.5 Å². The summed E-state index contributed by atoms with van der Waals surface area (Å²) >= 11 is 0. The molecule has 2 aromatic heterocycles. The van der Waals surface area contributed by atoms with E-state index in [4.69, 9.17) is 0 Å². The average Bonchev–Trinajstić information content (AvgIpc) is 2.95. The summed E-state index contributed by atoms with van der Waals surface area (Å²) in [5.74, 6) is 0. The normalized spacial score (nSPS) is 11.1. The number of benzene rings is 4. The lowest BCUT2D eigenvalue weighted by molar-refractivity contribution is 1.33. The minimum atomic E-state index is -1.32. The molecule has 0 saturated heterocycles. The second kappa shape index (κ2) is 9.49. The molecule has 2 nitrogen and oxygen atoms in total. The third-order valence-electron chi connectivity index (χ3n) is 6.27. The number of hydrogen-bond acceptors (Lipinski definition) is 2. The topological polar surface area (TPSA) is 25.8 Å². The van der Waals surface area contributed by atoms with E-state index in [0.717, 1.165) is 22.5 Å². The van der Waals surface area contributed by atoms with E-state index in [1.165, 1.54) is 26.3 Å². The highest BCUT2D eigenvalue weighted by Crippen LogP contribution is 2.23. The van der Waals surface area contributed by atoms with Crippen LogP contribution in [0.1, 0.15) is 0 Å². The molecule has 0 saturated carbocycles. The lowest BCUT2D eigenvalue weighted by atomic mass is 10.0. The highest BCUT2D eigenvalue weighted by Gasteiger charge is 2.23. The Labute approximate surface area is 207 Å². The van der Waals surface area contributed by atoms with Gasteiger partial charge in [0.1, 0.15) is 0 Å². The number of fused-ring (bicyclic) bond motifs is 1. The number of aromatic nitrogens is 2. The van der Waals surface area contributed by atoms with Gasteiger partial charge in [-0.15, -0.1) is 0 Å². The van der Waals surface area contributed by atoms with Gasteiger partial charge in [-0.2, -0.15) is 0 Å². The first-order chi connectivity index (χ1) is 17.4. The van der Waals surface area contributed by atoms with Crippen LogP contribution in [0.4, 0.5) is 0 Å². The van der Waals surface area contributed by atoms with Crippen LogP contribution in [-0.2, 0) is 0 Å². The van der Waals surface area contributed by atoms with E-state index in [-0.39, 0.29) is 0 Å². The number of pyridine rings is 2. The fourth-order valence-electron chi connectivity index (χ4n) is 4.65. The van der Waals surface area contributed by atoms with Crippen molar-refractivity contribution in [3.63, 3.8) is 0 Å². The highest BCUT2D eigenvalue weighted by molar-refractivity contribution is 6.97. The maximum absolute atomic E-state index is 4.66. The van der Waals surface area contributed by atoms with Crippen LogP contribution in [0, 0.1) is 0 Å². The monoisotopic (exact) mass is 463 g/mol. The van der Waals surface area contributed by atoms with Gasteiger partial charge in [0.15, 0.2) is 8.80 Å². The van der Waals surface area contributed by atoms with Gasteiger partial charge < -0.3 is 0 Å². The van der Waals surface area contributed by atoms with E-state index >= 15 is 0 Å². The van der Waals surface area contributed by atoms with Crippen molar-refractivity contribution in [1.82, 2.24) is 9.97 Å². The fraction of sp³-hybridized carbons (Fsp3) is 0. The molecule has 0 aliphatic rings. The number of nitrogens with zero attached hydrogens (tertiary/aromatic N) is 2. The summed E-state index contributed by atoms with van der Waals surface area (Å²) in [5, 5.41) is 6.61. The quantitative estimate of drug-likeness (QED) is 0.250. The molecule has 0 spiro atoms. The molecule has 165 valence electrons. The first-order valence-electron chi connectivity index (χ1n) is 11.8. The van der Waals surface area contributed by atoms with Gasteiger partial charge in [0.05, 0.1) is 11.4 Å². The Morgan fingerprint density at radius 2 is 1.11 bits per heavy atom. The Morgan fingerprint density at radius 1 is 0.457 bits per heavy atom. The van der Waals surface area contributed by atoms with Crippen molar-refractivity contribution in [2.24, 2.45) is 0 Å². The zero-order valence-corrected chi connectivity index (χ0v) is 20.2. The van der Waals surface area contributed by atoms with Crippen LogP contribution in [0.25, 0.3) is 33.3 Å². The second-order valence-electron chi connectivity index (χ2n) is 8.50. The highest BCUT2D eigenvalue weighted by atomic mass is 28.3. The van der Waals surface area contributed by atoms with E-state index in [0.29, 0.717) is 0 Å². The van der Waals surface area contributed by atoms with Crippen molar-refractivity contribution in [3.05, 3.63) is 140 Å². The van der Waals surface area contributed by atoms with Crippen LogP contribution in [0.3, 0.4) is 0 Å². The van der Waals surface area contributed by atoms with Gasteiger partial charge in [-0.05, 0) is 51.5 Å². The van der Waals surface area contributed by atoms with Crippen molar-refractivity contribution >= 4 is 35.1 Å². The van der Waals surface area contributed by atoms with Crippen LogP contribution in [0.5, 0.6) is 0 Å². The average molecular weight is 464 g/mol. The standard InChI is InChI=1S/C32H23N2Si/c1-2-13-27(14-3-1)35(28-15-10-12-25(22-28)30-17-6-8-19-33-30)32-23-26(31-18-7-9-20-34-31)21-24-11-4-5-16-29(24)32/h1-23H. The van der Waals surface area contributed by atoms with Gasteiger partial charge in [-0.1, -0.05) is 102 Å². The second-order valence-corrected chi connectivity index (χ2v) is 10.9. The van der Waals surface area contributed by atoms with Crippen molar-refractivity contribution in [2.75, 3.05) is 0 Å². The van der Waals surface area contributed by atoms with Crippen molar-refractivity contribution in [1.29, 1.82) is 0 Å². The van der Waals surface area contributed by atoms with Crippen molar-refractivity contribution in [2.45, 2.75) is 0 Å². The molecule has 0 fully saturated rings. The SMILES string of the molecule is c1ccc([Si](c2cccc(-c3ccccn3)c2)c2cc(-c3ccccn3)cc3ccccc23)cc1. The Kier molecular flexibility index (Phi) is 5.75. The summed E-state index contributed by atoms with van der Waals surface area (Å²) in [4.78, 5) is 9.26. The molecule has 0 N–H and O–H groups in total. The maximum atomic E-state index is 4.66. The lowest BCUT2D eigenvalue weighted by Crippen LogP contribution is -2.52. The first kappa shape index (κ1) is 21.2. The Hall–Kier alpha value is -4.34. The number of rotatable bonds is 5. The molecule has 0 aliphatic carbocycles. The van der Waals surface area contributed by atoms with Gasteiger partial charge in [-0.25, -0.2) is 0 Å². The maximum Gasteiger partial charge on any atom is 0.155 e. The van der Waals surface area contributed by atoms with E-state index in [9.17, 15) is 0 Å². The van der Waals surface area contributed by atoms with Crippen LogP contribution in [0.2, 0.25) is 0 Å². The van der Waals surface area contributed by atoms with Crippen LogP contribution in [-0.4, -0.2) is 18.8 Å². The molecule has 0 atom stereocenters. The zero-order valence-electron chi connectivity index (χ0n) is 19.2. The Bertz CT molecular complexity index is 1580. The molecule has 6 aromatic rings. The molecule has 4 aromatic carbocycles. The van der Waals surface area contributed by atoms with Gasteiger partial charge in [0, 0.05) is 23.5 Å². The molecular formula is C32H23N2Si. The van der Waals surface area contributed by atoms with E-state index in [1.807, 2.05) is 30.6 Å². The molecule has 1 radical (unpaired) electrons.